The van der Waals surface area contributed by atoms with E-state index in [4.69, 9.17) is 14.2 Å². The zero-order valence-corrected chi connectivity index (χ0v) is 15.7. The molecule has 26 heavy (non-hydrogen) atoms. The molecule has 1 fully saturated rings. The fourth-order valence-electron chi connectivity index (χ4n) is 4.14. The molecular weight excluding hydrogens is 326 g/mol. The SMILES string of the molecule is COc1ccc2cc(CC3CCC[NH2+]3)c3cc(OC)c(OC)cc3c2c1. The molecule has 0 saturated carbocycles. The summed E-state index contributed by atoms with van der Waals surface area (Å²) in [5.41, 5.74) is 1.38. The van der Waals surface area contributed by atoms with Crippen LogP contribution in [0.5, 0.6) is 17.2 Å². The molecular formula is C22H26NO3+. The normalized spacial score (nSPS) is 17.0. The van der Waals surface area contributed by atoms with Gasteiger partial charge in [0.25, 0.3) is 0 Å². The molecule has 0 spiro atoms. The lowest BCUT2D eigenvalue weighted by Gasteiger charge is -2.16. The number of benzene rings is 3. The highest BCUT2D eigenvalue weighted by molar-refractivity contribution is 6.10. The molecule has 4 rings (SSSR count). The van der Waals surface area contributed by atoms with Gasteiger partial charge in [-0.05, 0) is 51.4 Å². The van der Waals surface area contributed by atoms with Crippen LogP contribution in [0.4, 0.5) is 0 Å². The van der Waals surface area contributed by atoms with Crippen LogP contribution in [0.1, 0.15) is 18.4 Å². The summed E-state index contributed by atoms with van der Waals surface area (Å²) in [6.45, 7) is 1.24. The zero-order chi connectivity index (χ0) is 18.1. The largest absolute Gasteiger partial charge is 0.497 e. The van der Waals surface area contributed by atoms with Crippen LogP contribution in [0.3, 0.4) is 0 Å². The van der Waals surface area contributed by atoms with Gasteiger partial charge in [0.1, 0.15) is 5.75 Å². The van der Waals surface area contributed by atoms with Gasteiger partial charge in [0.15, 0.2) is 11.5 Å². The number of rotatable bonds is 5. The Labute approximate surface area is 154 Å². The molecule has 0 radical (unpaired) electrons. The number of methoxy groups -OCH3 is 3. The van der Waals surface area contributed by atoms with Crippen molar-refractivity contribution in [2.75, 3.05) is 27.9 Å². The summed E-state index contributed by atoms with van der Waals surface area (Å²) in [4.78, 5) is 0. The van der Waals surface area contributed by atoms with Gasteiger partial charge in [-0.1, -0.05) is 12.1 Å². The predicted molar refractivity (Wildman–Crippen MR) is 105 cm³/mol. The minimum atomic E-state index is 0.669. The van der Waals surface area contributed by atoms with Crippen molar-refractivity contribution < 1.29 is 19.5 Å². The second kappa shape index (κ2) is 7.04. The van der Waals surface area contributed by atoms with Crippen LogP contribution in [-0.2, 0) is 6.42 Å². The van der Waals surface area contributed by atoms with E-state index < -0.39 is 0 Å². The monoisotopic (exact) mass is 352 g/mol. The molecule has 3 aromatic carbocycles. The maximum atomic E-state index is 5.57. The van der Waals surface area contributed by atoms with Gasteiger partial charge in [-0.15, -0.1) is 0 Å². The highest BCUT2D eigenvalue weighted by Crippen LogP contribution is 2.39. The molecule has 0 aliphatic carbocycles. The van der Waals surface area contributed by atoms with Crippen LogP contribution in [0.25, 0.3) is 21.5 Å². The molecule has 0 aromatic heterocycles. The van der Waals surface area contributed by atoms with E-state index >= 15 is 0 Å². The lowest BCUT2D eigenvalue weighted by molar-refractivity contribution is -0.669. The molecule has 4 heteroatoms. The first-order valence-corrected chi connectivity index (χ1v) is 9.22. The number of hydrogen-bond acceptors (Lipinski definition) is 3. The molecule has 1 unspecified atom stereocenters. The minimum absolute atomic E-state index is 0.669. The number of hydrogen-bond donors (Lipinski definition) is 1. The third-order valence-corrected chi connectivity index (χ3v) is 5.51. The molecule has 0 amide bonds. The summed E-state index contributed by atoms with van der Waals surface area (Å²) in [7, 11) is 5.08. The van der Waals surface area contributed by atoms with Gasteiger partial charge < -0.3 is 19.5 Å². The van der Waals surface area contributed by atoms with Gasteiger partial charge in [0.2, 0.25) is 0 Å². The molecule has 2 N–H and O–H groups in total. The summed E-state index contributed by atoms with van der Waals surface area (Å²) in [5, 5.41) is 7.32. The highest BCUT2D eigenvalue weighted by Gasteiger charge is 2.21. The van der Waals surface area contributed by atoms with E-state index in [2.05, 4.69) is 35.6 Å². The summed E-state index contributed by atoms with van der Waals surface area (Å²) < 4.78 is 16.6. The van der Waals surface area contributed by atoms with Crippen molar-refractivity contribution in [2.24, 2.45) is 0 Å². The third-order valence-electron chi connectivity index (χ3n) is 5.51. The summed E-state index contributed by atoms with van der Waals surface area (Å²) in [6.07, 6.45) is 3.67. The average molecular weight is 352 g/mol. The first-order chi connectivity index (χ1) is 12.7. The maximum absolute atomic E-state index is 5.57. The van der Waals surface area contributed by atoms with Crippen molar-refractivity contribution in [1.82, 2.24) is 0 Å². The van der Waals surface area contributed by atoms with Gasteiger partial charge in [0, 0.05) is 19.3 Å². The van der Waals surface area contributed by atoms with Crippen LogP contribution in [0, 0.1) is 0 Å². The Bertz CT molecular complexity index is 945. The van der Waals surface area contributed by atoms with E-state index in [1.165, 1.54) is 46.5 Å². The van der Waals surface area contributed by atoms with Gasteiger partial charge in [-0.3, -0.25) is 0 Å². The second-order valence-electron chi connectivity index (χ2n) is 7.01. The van der Waals surface area contributed by atoms with Crippen LogP contribution in [0.2, 0.25) is 0 Å². The van der Waals surface area contributed by atoms with E-state index in [-0.39, 0.29) is 0 Å². The molecule has 1 saturated heterocycles. The number of fused-ring (bicyclic) bond motifs is 3. The quantitative estimate of drug-likeness (QED) is 0.717. The molecule has 1 atom stereocenters. The fraction of sp³-hybridized carbons (Fsp3) is 0.364. The number of ether oxygens (including phenoxy) is 3. The highest BCUT2D eigenvalue weighted by atomic mass is 16.5. The summed E-state index contributed by atoms with van der Waals surface area (Å²) in [6, 6.07) is 13.5. The van der Waals surface area contributed by atoms with E-state index in [1.54, 1.807) is 21.3 Å². The first-order valence-electron chi connectivity index (χ1n) is 9.22. The smallest absolute Gasteiger partial charge is 0.161 e. The Morgan fingerprint density at radius 2 is 1.65 bits per heavy atom. The average Bonchev–Trinajstić information content (AvgIpc) is 3.19. The molecule has 136 valence electrons. The summed E-state index contributed by atoms with van der Waals surface area (Å²) >= 11 is 0. The van der Waals surface area contributed by atoms with Crippen molar-refractivity contribution in [3.63, 3.8) is 0 Å². The zero-order valence-electron chi connectivity index (χ0n) is 15.7. The van der Waals surface area contributed by atoms with Gasteiger partial charge in [-0.25, -0.2) is 0 Å². The van der Waals surface area contributed by atoms with E-state index in [1.807, 2.05) is 6.07 Å². The molecule has 1 aliphatic heterocycles. The fourth-order valence-corrected chi connectivity index (χ4v) is 4.14. The van der Waals surface area contributed by atoms with Crippen molar-refractivity contribution in [3.05, 3.63) is 42.0 Å². The van der Waals surface area contributed by atoms with Crippen molar-refractivity contribution in [2.45, 2.75) is 25.3 Å². The molecule has 4 nitrogen and oxygen atoms in total. The van der Waals surface area contributed by atoms with Crippen molar-refractivity contribution >= 4 is 21.5 Å². The minimum Gasteiger partial charge on any atom is -0.497 e. The molecule has 0 bridgehead atoms. The maximum Gasteiger partial charge on any atom is 0.161 e. The standard InChI is InChI=1S/C22H25NO3/c1-24-17-7-6-14-9-15(10-16-5-4-8-23-16)19-12-21(25-2)22(26-3)13-20(19)18(14)11-17/h6-7,9,11-13,16,23H,4-5,8,10H2,1-3H3/p+1. The van der Waals surface area contributed by atoms with Gasteiger partial charge >= 0.3 is 0 Å². The first kappa shape index (κ1) is 17.0. The van der Waals surface area contributed by atoms with Crippen LogP contribution in [0.15, 0.2) is 36.4 Å². The van der Waals surface area contributed by atoms with Gasteiger partial charge in [-0.2, -0.15) is 0 Å². The topological polar surface area (TPSA) is 44.3 Å². The van der Waals surface area contributed by atoms with Gasteiger partial charge in [0.05, 0.1) is 33.9 Å². The number of nitrogens with two attached hydrogens (primary N) is 1. The Kier molecular flexibility index (Phi) is 4.60. The Morgan fingerprint density at radius 3 is 2.31 bits per heavy atom. The lowest BCUT2D eigenvalue weighted by Crippen LogP contribution is -2.87. The molecule has 1 heterocycles. The Hall–Kier alpha value is -2.46. The van der Waals surface area contributed by atoms with Crippen molar-refractivity contribution in [1.29, 1.82) is 0 Å². The Morgan fingerprint density at radius 1 is 0.885 bits per heavy atom. The third kappa shape index (κ3) is 2.95. The van der Waals surface area contributed by atoms with E-state index in [0.717, 1.165) is 23.7 Å². The lowest BCUT2D eigenvalue weighted by atomic mass is 9.92. The Balaban J connectivity index is 1.98. The predicted octanol–water partition coefficient (Wildman–Crippen LogP) is 3.29. The van der Waals surface area contributed by atoms with E-state index in [0.29, 0.717) is 6.04 Å². The van der Waals surface area contributed by atoms with Crippen LogP contribution in [-0.4, -0.2) is 33.9 Å². The van der Waals surface area contributed by atoms with E-state index in [9.17, 15) is 0 Å². The summed E-state index contributed by atoms with van der Waals surface area (Å²) in [5.74, 6) is 2.40. The van der Waals surface area contributed by atoms with Crippen LogP contribution < -0.4 is 19.5 Å². The molecule has 1 aliphatic rings. The molecule has 3 aromatic rings. The van der Waals surface area contributed by atoms with Crippen LogP contribution >= 0.6 is 0 Å². The number of quaternary nitrogens is 1. The van der Waals surface area contributed by atoms with Crippen molar-refractivity contribution in [3.8, 4) is 17.2 Å². The second-order valence-corrected chi connectivity index (χ2v) is 7.01.